The topological polar surface area (TPSA) is 80.7 Å². The Morgan fingerprint density at radius 2 is 1.85 bits per heavy atom. The van der Waals surface area contributed by atoms with Crippen molar-refractivity contribution in [3.63, 3.8) is 0 Å². The average molecular weight is 546 g/mol. The van der Waals surface area contributed by atoms with E-state index in [1.807, 2.05) is 36.4 Å². The van der Waals surface area contributed by atoms with Crippen LogP contribution in [0.1, 0.15) is 54.6 Å². The third-order valence-electron chi connectivity index (χ3n) is 6.59. The first-order valence-electron chi connectivity index (χ1n) is 13.6. The van der Waals surface area contributed by atoms with Gasteiger partial charge in [0, 0.05) is 23.2 Å². The van der Waals surface area contributed by atoms with Gasteiger partial charge in [-0.25, -0.2) is 0 Å². The fourth-order valence-electron chi connectivity index (χ4n) is 4.33. The average Bonchev–Trinajstić information content (AvgIpc) is 3.33. The van der Waals surface area contributed by atoms with Gasteiger partial charge in [-0.2, -0.15) is 0 Å². The van der Waals surface area contributed by atoms with Crippen molar-refractivity contribution in [2.45, 2.75) is 39.7 Å². The molecule has 0 saturated carbocycles. The first-order valence-corrected chi connectivity index (χ1v) is 15.2. The van der Waals surface area contributed by atoms with Crippen molar-refractivity contribution in [2.24, 2.45) is 5.73 Å². The number of nitrogens with one attached hydrogen (secondary N) is 1. The Kier molecular flexibility index (Phi) is 10.2. The number of benzene rings is 3. The maximum Gasteiger partial charge on any atom is 0.205 e. The highest BCUT2D eigenvalue weighted by Crippen LogP contribution is 2.37. The van der Waals surface area contributed by atoms with Crippen molar-refractivity contribution in [1.29, 1.82) is 0 Å². The molecule has 0 radical (unpaired) electrons. The number of rotatable bonds is 14. The van der Waals surface area contributed by atoms with Crippen LogP contribution in [0.15, 0.2) is 77.2 Å². The van der Waals surface area contributed by atoms with E-state index < -0.39 is 0 Å². The predicted octanol–water partition coefficient (Wildman–Crippen LogP) is 7.25. The molecule has 4 aromatic rings. The summed E-state index contributed by atoms with van der Waals surface area (Å²) in [6.07, 6.45) is 5.03. The molecule has 6 nitrogen and oxygen atoms in total. The number of hydrogen-bond donors (Lipinski definition) is 2. The zero-order chi connectivity index (χ0) is 27.6. The molecule has 4 rings (SSSR count). The zero-order valence-electron chi connectivity index (χ0n) is 23.1. The summed E-state index contributed by atoms with van der Waals surface area (Å²) in [4.78, 5) is 13.9. The molecule has 3 N–H and O–H groups in total. The lowest BCUT2D eigenvalue weighted by Crippen LogP contribution is -2.16. The number of ether oxygens (including phenoxy) is 1. The molecule has 206 valence electrons. The summed E-state index contributed by atoms with van der Waals surface area (Å²) in [5.74, 6) is 1.17. The minimum Gasteiger partial charge on any atom is -0.494 e. The van der Waals surface area contributed by atoms with Gasteiger partial charge in [-0.3, -0.25) is 4.79 Å². The lowest BCUT2D eigenvalue weighted by atomic mass is 10.0. The van der Waals surface area contributed by atoms with Crippen LogP contribution in [0, 0.1) is 0 Å². The van der Waals surface area contributed by atoms with E-state index in [2.05, 4.69) is 71.5 Å². The Morgan fingerprint density at radius 3 is 2.54 bits per heavy atom. The van der Waals surface area contributed by atoms with Crippen molar-refractivity contribution >= 4 is 44.4 Å². The van der Waals surface area contributed by atoms with Crippen LogP contribution >= 0.6 is 10.7 Å². The Bertz CT molecular complexity index is 1400. The van der Waals surface area contributed by atoms with Crippen LogP contribution in [-0.2, 0) is 6.54 Å². The summed E-state index contributed by atoms with van der Waals surface area (Å²) in [5.41, 5.74) is 9.69. The molecule has 0 aliphatic carbocycles. The van der Waals surface area contributed by atoms with E-state index in [4.69, 9.17) is 14.9 Å². The largest absolute Gasteiger partial charge is 0.494 e. The van der Waals surface area contributed by atoms with Crippen LogP contribution in [0.5, 0.6) is 5.75 Å². The maximum atomic E-state index is 13.9. The molecule has 39 heavy (non-hydrogen) atoms. The van der Waals surface area contributed by atoms with Crippen LogP contribution < -0.4 is 20.1 Å². The molecule has 3 aromatic carbocycles. The first kappa shape index (κ1) is 28.5. The molecule has 0 spiro atoms. The lowest BCUT2D eigenvalue weighted by Gasteiger charge is -2.26. The predicted molar refractivity (Wildman–Crippen MR) is 167 cm³/mol. The lowest BCUT2D eigenvalue weighted by molar-refractivity contribution is 0.104. The van der Waals surface area contributed by atoms with Crippen LogP contribution in [0.4, 0.5) is 11.6 Å². The summed E-state index contributed by atoms with van der Waals surface area (Å²) in [6.45, 7) is 6.87. The molecule has 1 unspecified atom stereocenters. The van der Waals surface area contributed by atoms with Crippen LogP contribution in [0.3, 0.4) is 0 Å². The highest BCUT2D eigenvalue weighted by molar-refractivity contribution is 8.15. The summed E-state index contributed by atoms with van der Waals surface area (Å²) in [7, 11) is -0.113. The summed E-state index contributed by atoms with van der Waals surface area (Å²) in [5, 5.41) is 6.40. The highest BCUT2D eigenvalue weighted by Gasteiger charge is 2.23. The quantitative estimate of drug-likeness (QED) is 0.0987. The van der Waals surface area contributed by atoms with Gasteiger partial charge in [-0.15, -0.1) is 10.7 Å². The van der Waals surface area contributed by atoms with Crippen molar-refractivity contribution < 1.29 is 13.9 Å². The second kappa shape index (κ2) is 14.0. The highest BCUT2D eigenvalue weighted by atomic mass is 32.2. The van der Waals surface area contributed by atoms with Gasteiger partial charge < -0.3 is 24.5 Å². The number of carbonyl (C=O) groups is 1. The van der Waals surface area contributed by atoms with E-state index in [1.54, 1.807) is 0 Å². The zero-order valence-corrected chi connectivity index (χ0v) is 23.9. The fraction of sp³-hybridized carbons (Fsp3) is 0.312. The third kappa shape index (κ3) is 7.11. The fourth-order valence-corrected chi connectivity index (χ4v) is 5.38. The van der Waals surface area contributed by atoms with Gasteiger partial charge in [0.1, 0.15) is 11.3 Å². The third-order valence-corrected chi connectivity index (χ3v) is 8.31. The number of anilines is 2. The molecule has 7 heteroatoms. The standard InChI is InChI=1S/C32H39N3O3S/c1-4-6-20-34-32-30(31(36)25-13-16-27(17-14-25)37-21-10-19-33)28-22-26(15-18-29(28)38-32)35(39(3)5-2)23-24-11-8-7-9-12-24/h5,7-9,11-18,22,34H,4,6,10,19-21,23,33H2,1-3H3. The second-order valence-corrected chi connectivity index (χ2v) is 11.4. The maximum absolute atomic E-state index is 13.9. The van der Waals surface area contributed by atoms with Crippen molar-refractivity contribution in [2.75, 3.05) is 35.6 Å². The molecular formula is C32H39N3O3S. The summed E-state index contributed by atoms with van der Waals surface area (Å²) >= 11 is 0. The molecule has 1 atom stereocenters. The van der Waals surface area contributed by atoms with E-state index in [9.17, 15) is 4.79 Å². The van der Waals surface area contributed by atoms with Gasteiger partial charge in [-0.1, -0.05) is 43.7 Å². The Labute approximate surface area is 234 Å². The summed E-state index contributed by atoms with van der Waals surface area (Å²) < 4.78 is 14.3. The second-order valence-electron chi connectivity index (χ2n) is 9.39. The number of fused-ring (bicyclic) bond motifs is 1. The number of nitrogens with two attached hydrogens (primary N) is 1. The van der Waals surface area contributed by atoms with Gasteiger partial charge in [-0.05, 0) is 86.0 Å². The minimum absolute atomic E-state index is 0.0782. The minimum atomic E-state index is -0.113. The molecule has 0 aliphatic heterocycles. The van der Waals surface area contributed by atoms with Crippen molar-refractivity contribution in [3.05, 3.63) is 89.5 Å². The molecule has 0 fully saturated rings. The van der Waals surface area contributed by atoms with Crippen molar-refractivity contribution in [1.82, 2.24) is 0 Å². The summed E-state index contributed by atoms with van der Waals surface area (Å²) in [6, 6.07) is 23.9. The van der Waals surface area contributed by atoms with Gasteiger partial charge in [0.15, 0.2) is 5.78 Å². The number of nitrogens with zero attached hydrogens (tertiary/aromatic N) is 1. The first-order chi connectivity index (χ1) is 19.0. The number of unbranched alkanes of at least 4 members (excludes halogenated alkanes) is 1. The molecule has 0 bridgehead atoms. The number of carbonyl (C=O) groups excluding carboxylic acids is 1. The number of furan rings is 1. The van der Waals surface area contributed by atoms with Crippen LogP contribution in [0.25, 0.3) is 11.0 Å². The Hall–Kier alpha value is -3.55. The molecule has 0 aliphatic rings. The van der Waals surface area contributed by atoms with E-state index in [-0.39, 0.29) is 16.5 Å². The van der Waals surface area contributed by atoms with E-state index in [1.165, 1.54) is 5.56 Å². The monoisotopic (exact) mass is 545 g/mol. The molecule has 1 heterocycles. The SMILES string of the molecule is C/C=S(\C)N(Cc1ccccc1)c1ccc2oc(NCCCC)c(C(=O)c3ccc(OCCCN)cc3)c2c1. The molecular weight excluding hydrogens is 506 g/mol. The van der Waals surface area contributed by atoms with Crippen molar-refractivity contribution in [3.8, 4) is 5.75 Å². The van der Waals surface area contributed by atoms with Gasteiger partial charge in [0.2, 0.25) is 5.88 Å². The van der Waals surface area contributed by atoms with E-state index in [0.29, 0.717) is 35.7 Å². The van der Waals surface area contributed by atoms with E-state index >= 15 is 0 Å². The van der Waals surface area contributed by atoms with Crippen LogP contribution in [-0.4, -0.2) is 37.1 Å². The van der Waals surface area contributed by atoms with E-state index in [0.717, 1.165) is 49.2 Å². The van der Waals surface area contributed by atoms with Gasteiger partial charge in [0.05, 0.1) is 18.7 Å². The molecule has 0 amide bonds. The van der Waals surface area contributed by atoms with Gasteiger partial charge >= 0.3 is 0 Å². The number of ketones is 1. The number of hydrogen-bond acceptors (Lipinski definition) is 6. The smallest absolute Gasteiger partial charge is 0.205 e. The molecule has 1 aromatic heterocycles. The molecule has 0 saturated heterocycles. The normalized spacial score (nSPS) is 12.0. The Morgan fingerprint density at radius 1 is 1.08 bits per heavy atom. The van der Waals surface area contributed by atoms with Gasteiger partial charge in [0.25, 0.3) is 0 Å². The Balaban J connectivity index is 1.73. The van der Waals surface area contributed by atoms with Crippen LogP contribution in [0.2, 0.25) is 0 Å².